The van der Waals surface area contributed by atoms with E-state index >= 15 is 0 Å². The lowest BCUT2D eigenvalue weighted by atomic mass is 10.0. The first-order valence-electron chi connectivity index (χ1n) is 6.29. The van der Waals surface area contributed by atoms with Crippen molar-refractivity contribution in [3.8, 4) is 5.75 Å². The van der Waals surface area contributed by atoms with E-state index in [1.165, 1.54) is 12.1 Å². The summed E-state index contributed by atoms with van der Waals surface area (Å²) in [6.07, 6.45) is -1.08. The van der Waals surface area contributed by atoms with Gasteiger partial charge in [-0.25, -0.2) is 8.42 Å². The number of aliphatic hydroxyl groups is 1. The van der Waals surface area contributed by atoms with Crippen LogP contribution in [0.3, 0.4) is 0 Å². The van der Waals surface area contributed by atoms with Crippen molar-refractivity contribution >= 4 is 9.84 Å². The van der Waals surface area contributed by atoms with Crippen LogP contribution < -0.4 is 4.74 Å². The molecule has 0 radical (unpaired) electrons. The van der Waals surface area contributed by atoms with Crippen LogP contribution >= 0.6 is 0 Å². The van der Waals surface area contributed by atoms with Crippen LogP contribution in [-0.4, -0.2) is 25.4 Å². The number of benzene rings is 2. The molecule has 0 fully saturated rings. The van der Waals surface area contributed by atoms with Gasteiger partial charge < -0.3 is 9.84 Å². The van der Waals surface area contributed by atoms with Gasteiger partial charge >= 0.3 is 0 Å². The predicted octanol–water partition coefficient (Wildman–Crippen LogP) is 1.95. The molecule has 0 amide bonds. The molecule has 0 saturated heterocycles. The second-order valence-electron chi connectivity index (χ2n) is 4.69. The number of rotatable bonds is 2. The molecule has 2 atom stereocenters. The molecule has 0 saturated carbocycles. The average Bonchev–Trinajstić information content (AvgIpc) is 2.48. The molecule has 0 spiro atoms. The van der Waals surface area contributed by atoms with Crippen LogP contribution in [0.4, 0.5) is 0 Å². The van der Waals surface area contributed by atoms with Crippen LogP contribution in [0.1, 0.15) is 11.7 Å². The Kier molecular flexibility index (Phi) is 3.23. The number of aliphatic hydroxyl groups excluding tert-OH is 1. The molecule has 4 nitrogen and oxygen atoms in total. The Morgan fingerprint density at radius 2 is 1.65 bits per heavy atom. The van der Waals surface area contributed by atoms with E-state index in [9.17, 15) is 13.5 Å². The van der Waals surface area contributed by atoms with Crippen molar-refractivity contribution in [1.82, 2.24) is 0 Å². The molecule has 0 aromatic heterocycles. The fraction of sp³-hybridized carbons (Fsp3) is 0.200. The Morgan fingerprint density at radius 1 is 1.00 bits per heavy atom. The number of hydrogen-bond acceptors (Lipinski definition) is 4. The first-order valence-corrected chi connectivity index (χ1v) is 7.84. The highest BCUT2D eigenvalue weighted by molar-refractivity contribution is 7.92. The SMILES string of the molecule is O=S(=O)(c1ccccc1)C1COc2ccccc2C1O. The van der Waals surface area contributed by atoms with Crippen LogP contribution in [-0.2, 0) is 9.84 Å². The fourth-order valence-corrected chi connectivity index (χ4v) is 3.98. The van der Waals surface area contributed by atoms with Gasteiger partial charge in [0.05, 0.1) is 4.90 Å². The molecule has 1 aliphatic rings. The van der Waals surface area contributed by atoms with Gasteiger partial charge in [-0.15, -0.1) is 0 Å². The third-order valence-electron chi connectivity index (χ3n) is 3.46. The van der Waals surface area contributed by atoms with E-state index < -0.39 is 21.2 Å². The predicted molar refractivity (Wildman–Crippen MR) is 74.3 cm³/mol. The summed E-state index contributed by atoms with van der Waals surface area (Å²) in [5, 5.41) is 9.37. The first kappa shape index (κ1) is 13.1. The highest BCUT2D eigenvalue weighted by atomic mass is 32.2. The van der Waals surface area contributed by atoms with Gasteiger partial charge in [-0.05, 0) is 18.2 Å². The summed E-state index contributed by atoms with van der Waals surface area (Å²) in [6.45, 7) is -0.0462. The molecule has 1 heterocycles. The van der Waals surface area contributed by atoms with Crippen molar-refractivity contribution in [2.24, 2.45) is 0 Å². The monoisotopic (exact) mass is 290 g/mol. The highest BCUT2D eigenvalue weighted by Gasteiger charge is 2.39. The Morgan fingerprint density at radius 3 is 2.40 bits per heavy atom. The zero-order chi connectivity index (χ0) is 14.2. The lowest BCUT2D eigenvalue weighted by Gasteiger charge is -2.29. The van der Waals surface area contributed by atoms with Crippen molar-refractivity contribution in [1.29, 1.82) is 0 Å². The van der Waals surface area contributed by atoms with Crippen molar-refractivity contribution in [3.05, 3.63) is 60.2 Å². The van der Waals surface area contributed by atoms with Crippen LogP contribution in [0.25, 0.3) is 0 Å². The van der Waals surface area contributed by atoms with E-state index in [1.54, 1.807) is 42.5 Å². The molecule has 2 unspecified atom stereocenters. The molecular formula is C15H14O4S. The third-order valence-corrected chi connectivity index (χ3v) is 5.58. The summed E-state index contributed by atoms with van der Waals surface area (Å²) >= 11 is 0. The van der Waals surface area contributed by atoms with Gasteiger partial charge in [0, 0.05) is 5.56 Å². The van der Waals surface area contributed by atoms with E-state index in [0.29, 0.717) is 11.3 Å². The minimum Gasteiger partial charge on any atom is -0.492 e. The molecule has 3 rings (SSSR count). The maximum Gasteiger partial charge on any atom is 0.187 e. The van der Waals surface area contributed by atoms with Gasteiger partial charge in [-0.1, -0.05) is 36.4 Å². The molecule has 1 N–H and O–H groups in total. The smallest absolute Gasteiger partial charge is 0.187 e. The van der Waals surface area contributed by atoms with Crippen molar-refractivity contribution < 1.29 is 18.3 Å². The third kappa shape index (κ3) is 2.09. The van der Waals surface area contributed by atoms with E-state index in [1.807, 2.05) is 0 Å². The van der Waals surface area contributed by atoms with E-state index in [-0.39, 0.29) is 11.5 Å². The molecule has 0 aliphatic carbocycles. The summed E-state index contributed by atoms with van der Waals surface area (Å²) in [7, 11) is -3.63. The molecule has 2 aromatic rings. The lowest BCUT2D eigenvalue weighted by molar-refractivity contribution is 0.119. The Hall–Kier alpha value is -1.85. The minimum atomic E-state index is -3.63. The van der Waals surface area contributed by atoms with Crippen LogP contribution in [0.15, 0.2) is 59.5 Å². The fourth-order valence-electron chi connectivity index (χ4n) is 2.36. The number of fused-ring (bicyclic) bond motifs is 1. The molecule has 20 heavy (non-hydrogen) atoms. The number of ether oxygens (including phenoxy) is 1. The molecular weight excluding hydrogens is 276 g/mol. The highest BCUT2D eigenvalue weighted by Crippen LogP contribution is 2.36. The molecule has 0 bridgehead atoms. The van der Waals surface area contributed by atoms with E-state index in [2.05, 4.69) is 0 Å². The largest absolute Gasteiger partial charge is 0.492 e. The Bertz CT molecular complexity index is 710. The Balaban J connectivity index is 2.01. The first-order chi connectivity index (χ1) is 9.60. The Labute approximate surface area is 117 Å². The van der Waals surface area contributed by atoms with Gasteiger partial charge in [-0.2, -0.15) is 0 Å². The maximum atomic E-state index is 12.6. The maximum absolute atomic E-state index is 12.6. The number of sulfone groups is 1. The molecule has 5 heteroatoms. The number of hydrogen-bond donors (Lipinski definition) is 1. The van der Waals surface area contributed by atoms with Gasteiger partial charge in [-0.3, -0.25) is 0 Å². The summed E-state index contributed by atoms with van der Waals surface area (Å²) < 4.78 is 30.6. The summed E-state index contributed by atoms with van der Waals surface area (Å²) in [5.41, 5.74) is 0.517. The standard InChI is InChI=1S/C15H14O4S/c16-15-12-8-4-5-9-13(12)19-10-14(15)20(17,18)11-6-2-1-3-7-11/h1-9,14-16H,10H2. The van der Waals surface area contributed by atoms with Crippen LogP contribution in [0.2, 0.25) is 0 Å². The van der Waals surface area contributed by atoms with Gasteiger partial charge in [0.2, 0.25) is 0 Å². The zero-order valence-corrected chi connectivity index (χ0v) is 11.5. The molecule has 104 valence electrons. The summed E-state index contributed by atoms with van der Waals surface area (Å²) in [5.74, 6) is 0.541. The lowest BCUT2D eigenvalue weighted by Crippen LogP contribution is -2.37. The normalized spacial score (nSPS) is 21.9. The van der Waals surface area contributed by atoms with E-state index in [0.717, 1.165) is 0 Å². The zero-order valence-electron chi connectivity index (χ0n) is 10.6. The second-order valence-corrected chi connectivity index (χ2v) is 6.86. The van der Waals surface area contributed by atoms with Gasteiger partial charge in [0.25, 0.3) is 0 Å². The van der Waals surface area contributed by atoms with E-state index in [4.69, 9.17) is 4.74 Å². The van der Waals surface area contributed by atoms with Crippen LogP contribution in [0.5, 0.6) is 5.75 Å². The molecule has 2 aromatic carbocycles. The quantitative estimate of drug-likeness (QED) is 0.918. The summed E-state index contributed by atoms with van der Waals surface area (Å²) in [4.78, 5) is 0.201. The van der Waals surface area contributed by atoms with Crippen molar-refractivity contribution in [3.63, 3.8) is 0 Å². The number of para-hydroxylation sites is 1. The molecule has 1 aliphatic heterocycles. The average molecular weight is 290 g/mol. The van der Waals surface area contributed by atoms with Gasteiger partial charge in [0.15, 0.2) is 9.84 Å². The van der Waals surface area contributed by atoms with Gasteiger partial charge in [0.1, 0.15) is 23.7 Å². The van der Waals surface area contributed by atoms with Crippen molar-refractivity contribution in [2.45, 2.75) is 16.2 Å². The second kappa shape index (κ2) is 4.92. The van der Waals surface area contributed by atoms with Crippen LogP contribution in [0, 0.1) is 0 Å². The summed E-state index contributed by atoms with van der Waals surface area (Å²) in [6, 6.07) is 15.1. The van der Waals surface area contributed by atoms with Crippen molar-refractivity contribution in [2.75, 3.05) is 6.61 Å². The topological polar surface area (TPSA) is 63.6 Å². The minimum absolute atomic E-state index is 0.0462.